The largest absolute Gasteiger partial charge is 0.534 e. The van der Waals surface area contributed by atoms with Gasteiger partial charge in [0, 0.05) is 0 Å². The molecule has 2 rings (SSSR count). The maximum Gasteiger partial charge on any atom is 0.534 e. The average molecular weight is 388 g/mol. The van der Waals surface area contributed by atoms with Crippen molar-refractivity contribution in [1.29, 1.82) is 0 Å². The van der Waals surface area contributed by atoms with Crippen molar-refractivity contribution >= 4 is 18.4 Å². The summed E-state index contributed by atoms with van der Waals surface area (Å²) < 4.78 is 75.8. The third-order valence-corrected chi connectivity index (χ3v) is 10.4. The first-order valence-electron chi connectivity index (χ1n) is 7.66. The van der Waals surface area contributed by atoms with Gasteiger partial charge in [-0.25, -0.2) is 0 Å². The maximum atomic E-state index is 12.5. The van der Waals surface area contributed by atoms with Gasteiger partial charge in [0.1, 0.15) is 5.76 Å². The number of fused-ring (bicyclic) bond motifs is 1. The van der Waals surface area contributed by atoms with Crippen LogP contribution in [-0.4, -0.2) is 41.1 Å². The molecule has 1 aliphatic carbocycles. The summed E-state index contributed by atoms with van der Waals surface area (Å²) in [6, 6.07) is 0. The van der Waals surface area contributed by atoms with Crippen LogP contribution < -0.4 is 0 Å². The first kappa shape index (κ1) is 19.7. The van der Waals surface area contributed by atoms with E-state index in [1.165, 1.54) is 6.08 Å². The summed E-state index contributed by atoms with van der Waals surface area (Å²) in [6.45, 7) is 10.5. The van der Waals surface area contributed by atoms with Gasteiger partial charge in [-0.05, 0) is 30.6 Å². The summed E-state index contributed by atoms with van der Waals surface area (Å²) in [6.07, 6.45) is 0.870. The fourth-order valence-electron chi connectivity index (χ4n) is 2.37. The minimum Gasteiger partial charge on any atom is -0.411 e. The van der Waals surface area contributed by atoms with Crippen molar-refractivity contribution < 1.29 is 34.9 Å². The highest BCUT2D eigenvalue weighted by molar-refractivity contribution is 7.87. The number of hydrogen-bond acceptors (Lipinski definition) is 5. The molecule has 24 heavy (non-hydrogen) atoms. The van der Waals surface area contributed by atoms with Crippen LogP contribution in [0.2, 0.25) is 18.1 Å². The van der Waals surface area contributed by atoms with Crippen molar-refractivity contribution in [2.24, 2.45) is 5.92 Å². The zero-order valence-corrected chi connectivity index (χ0v) is 16.1. The van der Waals surface area contributed by atoms with Gasteiger partial charge in [-0.15, -0.1) is 0 Å². The van der Waals surface area contributed by atoms with Gasteiger partial charge in [0.25, 0.3) is 0 Å². The summed E-state index contributed by atoms with van der Waals surface area (Å²) in [5, 5.41) is -0.0215. The second-order valence-electron chi connectivity index (χ2n) is 7.65. The molecule has 0 aromatic heterocycles. The Balaban J connectivity index is 2.13. The van der Waals surface area contributed by atoms with E-state index in [0.717, 1.165) is 0 Å². The van der Waals surface area contributed by atoms with E-state index in [1.54, 1.807) is 0 Å². The Kier molecular flexibility index (Phi) is 4.93. The third-order valence-electron chi connectivity index (χ3n) is 4.89. The molecule has 1 heterocycles. The van der Waals surface area contributed by atoms with E-state index in [0.29, 0.717) is 0 Å². The third kappa shape index (κ3) is 3.66. The highest BCUT2D eigenvalue weighted by atomic mass is 32.2. The van der Waals surface area contributed by atoms with Crippen molar-refractivity contribution in [2.75, 3.05) is 6.61 Å². The quantitative estimate of drug-likeness (QED) is 0.419. The summed E-state index contributed by atoms with van der Waals surface area (Å²) in [7, 11) is -7.73. The highest BCUT2D eigenvalue weighted by Crippen LogP contribution is 2.44. The molecule has 1 fully saturated rings. The topological polar surface area (TPSA) is 61.8 Å². The molecule has 0 radical (unpaired) electrons. The van der Waals surface area contributed by atoms with Crippen LogP contribution in [0, 0.1) is 5.92 Å². The van der Waals surface area contributed by atoms with Gasteiger partial charge < -0.3 is 13.3 Å². The van der Waals surface area contributed by atoms with E-state index < -0.39 is 36.0 Å². The molecule has 0 aromatic carbocycles. The maximum absolute atomic E-state index is 12.5. The molecule has 3 atom stereocenters. The van der Waals surface area contributed by atoms with Crippen LogP contribution in [0.3, 0.4) is 0 Å². The van der Waals surface area contributed by atoms with E-state index in [4.69, 9.17) is 9.16 Å². The molecule has 0 saturated carbocycles. The van der Waals surface area contributed by atoms with Crippen LogP contribution in [0.5, 0.6) is 0 Å². The second-order valence-corrected chi connectivity index (χ2v) is 13.9. The molecule has 0 spiro atoms. The lowest BCUT2D eigenvalue weighted by Crippen LogP contribution is -2.56. The SMILES string of the molecule is CC(C)(C)[Si](C)(C)O[C@@H]1CC=C(OS(=O)(=O)C(F)(F)F)[C@H]2CO[C@H]21. The van der Waals surface area contributed by atoms with Crippen LogP contribution >= 0.6 is 0 Å². The Bertz CT molecular complexity index is 621. The van der Waals surface area contributed by atoms with E-state index in [1.807, 2.05) is 0 Å². The Hall–Kier alpha value is -0.583. The number of halogens is 3. The molecule has 0 N–H and O–H groups in total. The van der Waals surface area contributed by atoms with Gasteiger partial charge >= 0.3 is 15.6 Å². The lowest BCUT2D eigenvalue weighted by Gasteiger charge is -2.48. The van der Waals surface area contributed by atoms with Crippen LogP contribution in [0.1, 0.15) is 27.2 Å². The van der Waals surface area contributed by atoms with E-state index >= 15 is 0 Å². The Morgan fingerprint density at radius 2 is 1.83 bits per heavy atom. The van der Waals surface area contributed by atoms with Crippen LogP contribution in [0.15, 0.2) is 11.8 Å². The lowest BCUT2D eigenvalue weighted by molar-refractivity contribution is -0.163. The summed E-state index contributed by atoms with van der Waals surface area (Å²) >= 11 is 0. The minimum atomic E-state index is -5.65. The molecule has 140 valence electrons. The fraction of sp³-hybridized carbons (Fsp3) is 0.857. The van der Waals surface area contributed by atoms with Gasteiger partial charge in [-0.3, -0.25) is 0 Å². The van der Waals surface area contributed by atoms with Gasteiger partial charge in [0.05, 0.1) is 24.7 Å². The molecule has 0 unspecified atom stereocenters. The summed E-state index contributed by atoms with van der Waals surface area (Å²) in [5.41, 5.74) is -5.44. The predicted octanol–water partition coefficient (Wildman–Crippen LogP) is 3.55. The standard InChI is InChI=1S/C14H23F3O5SSi/c1-13(2,3)24(4,5)22-11-7-6-10(9-8-20-12(9)11)21-23(18,19)14(15,16)17/h6,9,11-12H,7-8H2,1-5H3/t9-,11-,12-/m1/s1. The molecular weight excluding hydrogens is 365 g/mol. The molecule has 2 aliphatic rings. The molecule has 1 aliphatic heterocycles. The number of alkyl halides is 3. The predicted molar refractivity (Wildman–Crippen MR) is 84.1 cm³/mol. The zero-order valence-electron chi connectivity index (χ0n) is 14.3. The zero-order chi connectivity index (χ0) is 18.6. The second kappa shape index (κ2) is 5.99. The molecular formula is C14H23F3O5SSi. The smallest absolute Gasteiger partial charge is 0.411 e. The van der Waals surface area contributed by atoms with Crippen LogP contribution in [-0.2, 0) is 23.5 Å². The average Bonchev–Trinajstić information content (AvgIpc) is 2.29. The van der Waals surface area contributed by atoms with E-state index in [2.05, 4.69) is 38.0 Å². The molecule has 10 heteroatoms. The lowest BCUT2D eigenvalue weighted by atomic mass is 9.85. The van der Waals surface area contributed by atoms with Crippen LogP contribution in [0.4, 0.5) is 13.2 Å². The minimum absolute atomic E-state index is 0.0215. The fourth-order valence-corrected chi connectivity index (χ4v) is 4.25. The monoisotopic (exact) mass is 388 g/mol. The molecule has 0 bridgehead atoms. The number of rotatable bonds is 4. The molecule has 5 nitrogen and oxygen atoms in total. The van der Waals surface area contributed by atoms with Gasteiger partial charge in [0.2, 0.25) is 0 Å². The van der Waals surface area contributed by atoms with Gasteiger partial charge in [0.15, 0.2) is 8.32 Å². The molecule has 0 amide bonds. The number of hydrogen-bond donors (Lipinski definition) is 0. The Morgan fingerprint density at radius 3 is 2.25 bits per heavy atom. The molecule has 1 saturated heterocycles. The Morgan fingerprint density at radius 1 is 1.25 bits per heavy atom. The Labute approximate surface area is 141 Å². The first-order valence-corrected chi connectivity index (χ1v) is 12.0. The molecule has 0 aromatic rings. The normalized spacial score (nSPS) is 28.7. The first-order chi connectivity index (χ1) is 10.7. The van der Waals surface area contributed by atoms with Crippen molar-refractivity contribution in [1.82, 2.24) is 0 Å². The summed E-state index contributed by atoms with van der Waals surface area (Å²) in [4.78, 5) is 0. The van der Waals surface area contributed by atoms with Crippen molar-refractivity contribution in [3.8, 4) is 0 Å². The summed E-state index contributed by atoms with van der Waals surface area (Å²) in [5.74, 6) is -0.718. The van der Waals surface area contributed by atoms with Crippen molar-refractivity contribution in [3.05, 3.63) is 11.8 Å². The van der Waals surface area contributed by atoms with Gasteiger partial charge in [-0.2, -0.15) is 21.6 Å². The van der Waals surface area contributed by atoms with E-state index in [9.17, 15) is 21.6 Å². The van der Waals surface area contributed by atoms with Crippen molar-refractivity contribution in [3.63, 3.8) is 0 Å². The van der Waals surface area contributed by atoms with Crippen molar-refractivity contribution in [2.45, 2.75) is 63.0 Å². The van der Waals surface area contributed by atoms with Crippen LogP contribution in [0.25, 0.3) is 0 Å². The van der Waals surface area contributed by atoms with E-state index in [-0.39, 0.29) is 29.9 Å². The number of ether oxygens (including phenoxy) is 1. The van der Waals surface area contributed by atoms with Gasteiger partial charge in [-0.1, -0.05) is 20.8 Å². The highest BCUT2D eigenvalue weighted by Gasteiger charge is 2.53.